The van der Waals surface area contributed by atoms with Crippen molar-refractivity contribution in [3.05, 3.63) is 70.3 Å². The molecule has 6 nitrogen and oxygen atoms in total. The van der Waals surface area contributed by atoms with Crippen molar-refractivity contribution in [1.29, 1.82) is 0 Å². The highest BCUT2D eigenvalue weighted by atomic mass is 32.2. The number of nitrogens with zero attached hydrogens (tertiary/aromatic N) is 1. The second kappa shape index (κ2) is 12.8. The Balaban J connectivity index is 1.31. The minimum atomic E-state index is -4.99. The fraction of sp³-hybridized carbons (Fsp3) is 0.606. The van der Waals surface area contributed by atoms with Crippen molar-refractivity contribution in [1.82, 2.24) is 14.9 Å². The average molecular weight is 674 g/mol. The van der Waals surface area contributed by atoms with Crippen molar-refractivity contribution in [2.24, 2.45) is 11.3 Å². The van der Waals surface area contributed by atoms with Crippen LogP contribution in [0.3, 0.4) is 0 Å². The molecule has 1 aliphatic heterocycles. The number of hydrogen-bond acceptors (Lipinski definition) is 4. The molecule has 4 atom stereocenters. The molecule has 2 aliphatic carbocycles. The predicted octanol–water partition coefficient (Wildman–Crippen LogP) is 6.43. The van der Waals surface area contributed by atoms with E-state index in [4.69, 9.17) is 0 Å². The van der Waals surface area contributed by atoms with E-state index in [9.17, 15) is 39.6 Å². The lowest BCUT2D eigenvalue weighted by Crippen LogP contribution is -2.51. The quantitative estimate of drug-likeness (QED) is 0.238. The Labute approximate surface area is 266 Å². The number of alkyl halides is 6. The molecule has 1 heterocycles. The minimum Gasteiger partial charge on any atom is -0.352 e. The number of carbonyl (C=O) groups excluding carboxylic acids is 1. The van der Waals surface area contributed by atoms with Crippen LogP contribution in [0, 0.1) is 11.3 Å². The molecule has 2 aromatic rings. The molecule has 0 bridgehead atoms. The van der Waals surface area contributed by atoms with E-state index in [0.29, 0.717) is 50.2 Å². The van der Waals surface area contributed by atoms with Crippen LogP contribution in [0.1, 0.15) is 79.7 Å². The maximum Gasteiger partial charge on any atom is 0.416 e. The van der Waals surface area contributed by atoms with E-state index in [0.717, 1.165) is 38.6 Å². The molecule has 2 aromatic carbocycles. The number of benzene rings is 2. The van der Waals surface area contributed by atoms with Gasteiger partial charge in [0, 0.05) is 31.1 Å². The van der Waals surface area contributed by atoms with E-state index in [1.54, 1.807) is 0 Å². The topological polar surface area (TPSA) is 78.5 Å². The Hall–Kier alpha value is -2.64. The van der Waals surface area contributed by atoms with Crippen LogP contribution in [0.2, 0.25) is 0 Å². The fourth-order valence-electron chi connectivity index (χ4n) is 8.16. The molecule has 1 amide bonds. The predicted molar refractivity (Wildman–Crippen MR) is 162 cm³/mol. The normalized spacial score (nSPS) is 27.2. The van der Waals surface area contributed by atoms with Crippen molar-refractivity contribution >= 4 is 15.9 Å². The van der Waals surface area contributed by atoms with Crippen molar-refractivity contribution in [2.75, 3.05) is 25.9 Å². The number of rotatable bonds is 9. The summed E-state index contributed by atoms with van der Waals surface area (Å²) in [5.74, 6) is -0.0528. The van der Waals surface area contributed by atoms with Gasteiger partial charge in [0.15, 0.2) is 0 Å². The van der Waals surface area contributed by atoms with Crippen LogP contribution in [0.25, 0.3) is 0 Å². The Morgan fingerprint density at radius 3 is 2.30 bits per heavy atom. The van der Waals surface area contributed by atoms with Gasteiger partial charge in [-0.05, 0) is 98.7 Å². The molecule has 2 unspecified atom stereocenters. The highest BCUT2D eigenvalue weighted by Crippen LogP contribution is 2.51. The molecular weight excluding hydrogens is 632 g/mol. The van der Waals surface area contributed by atoms with E-state index in [-0.39, 0.29) is 29.6 Å². The third-order valence-corrected chi connectivity index (χ3v) is 11.3. The number of likely N-dealkylation sites (tertiary alicyclic amines) is 1. The fourth-order valence-corrected chi connectivity index (χ4v) is 8.67. The molecule has 0 aromatic heterocycles. The van der Waals surface area contributed by atoms with Gasteiger partial charge in [0.05, 0.1) is 22.8 Å². The summed E-state index contributed by atoms with van der Waals surface area (Å²) in [4.78, 5) is 16.3. The number of sulfonamides is 1. The van der Waals surface area contributed by atoms with Gasteiger partial charge in [-0.15, -0.1) is 0 Å². The zero-order valence-electron chi connectivity index (χ0n) is 26.0. The summed E-state index contributed by atoms with van der Waals surface area (Å²) in [5, 5.41) is 2.65. The van der Waals surface area contributed by atoms with Gasteiger partial charge < -0.3 is 10.2 Å². The first kappa shape index (κ1) is 34.7. The van der Waals surface area contributed by atoms with Gasteiger partial charge in [-0.25, -0.2) is 13.1 Å². The lowest BCUT2D eigenvalue weighted by atomic mass is 9.67. The number of carbonyl (C=O) groups is 1. The number of piperidine rings is 1. The Bertz CT molecular complexity index is 1510. The van der Waals surface area contributed by atoms with Crippen LogP contribution in [0.15, 0.2) is 42.5 Å². The van der Waals surface area contributed by atoms with Crippen molar-refractivity contribution in [3.8, 4) is 0 Å². The summed E-state index contributed by atoms with van der Waals surface area (Å²) in [5.41, 5.74) is -1.14. The summed E-state index contributed by atoms with van der Waals surface area (Å²) >= 11 is 0. The minimum absolute atomic E-state index is 0.0665. The van der Waals surface area contributed by atoms with Crippen LogP contribution in [0.4, 0.5) is 26.3 Å². The molecular formula is C33H41F6N3O3S. The van der Waals surface area contributed by atoms with Crippen LogP contribution in [0.5, 0.6) is 0 Å². The van der Waals surface area contributed by atoms with Gasteiger partial charge >= 0.3 is 12.4 Å². The summed E-state index contributed by atoms with van der Waals surface area (Å²) in [7, 11) is -3.45. The number of aryl methyl sites for hydroxylation is 1. The number of nitrogens with one attached hydrogen (secondary N) is 2. The molecule has 1 saturated heterocycles. The van der Waals surface area contributed by atoms with Crippen LogP contribution >= 0.6 is 0 Å². The van der Waals surface area contributed by atoms with Gasteiger partial charge in [0.2, 0.25) is 15.9 Å². The van der Waals surface area contributed by atoms with Crippen molar-refractivity contribution in [3.63, 3.8) is 0 Å². The smallest absolute Gasteiger partial charge is 0.352 e. The van der Waals surface area contributed by atoms with E-state index < -0.39 is 51.4 Å². The standard InChI is InChI=1S/C33H41F6N3O3S/c1-22-21-42(15-13-31(22)12-8-24-6-3-4-7-28(24)31)27-9-11-30(19-27,10-5-14-41-46(2,44)45)29(43)40-20-23-16-25(32(34,35)36)18-26(17-23)33(37,38)39/h3-4,6-7,16-18,22,27,41H,5,8-15,19-21H2,1-2H3,(H,40,43)/t22-,27?,30?,31-/m0/s1. The lowest BCUT2D eigenvalue weighted by molar-refractivity contribution is -0.143. The molecule has 1 spiro atoms. The van der Waals surface area contributed by atoms with Gasteiger partial charge in [0.1, 0.15) is 0 Å². The van der Waals surface area contributed by atoms with E-state index in [1.807, 2.05) is 0 Å². The Kier molecular flexibility index (Phi) is 9.62. The number of hydrogen-bond donors (Lipinski definition) is 2. The lowest BCUT2D eigenvalue weighted by Gasteiger charge is -2.47. The van der Waals surface area contributed by atoms with E-state index >= 15 is 0 Å². The first-order valence-corrected chi connectivity index (χ1v) is 17.6. The molecule has 3 aliphatic rings. The molecule has 5 rings (SSSR count). The van der Waals surface area contributed by atoms with Gasteiger partial charge in [-0.3, -0.25) is 4.79 Å². The molecule has 0 radical (unpaired) electrons. The van der Waals surface area contributed by atoms with E-state index in [1.165, 1.54) is 11.1 Å². The van der Waals surface area contributed by atoms with E-state index in [2.05, 4.69) is 46.1 Å². The second-order valence-corrected chi connectivity index (χ2v) is 15.3. The molecule has 254 valence electrons. The SMILES string of the molecule is C[C@H]1CN(C2CCC(CCCNS(C)(=O)=O)(C(=O)NCc3cc(C(F)(F)F)cc(C(F)(F)F)c3)C2)CC[C@@]12CCc1ccccc12. The molecule has 46 heavy (non-hydrogen) atoms. The number of amides is 1. The highest BCUT2D eigenvalue weighted by molar-refractivity contribution is 7.88. The number of halogens is 6. The van der Waals surface area contributed by atoms with Gasteiger partial charge in [0.25, 0.3) is 0 Å². The van der Waals surface area contributed by atoms with Crippen LogP contribution < -0.4 is 10.0 Å². The monoisotopic (exact) mass is 673 g/mol. The van der Waals surface area contributed by atoms with Crippen molar-refractivity contribution < 1.29 is 39.6 Å². The molecule has 2 N–H and O–H groups in total. The Morgan fingerprint density at radius 1 is 1.00 bits per heavy atom. The zero-order chi connectivity index (χ0) is 33.5. The van der Waals surface area contributed by atoms with Crippen LogP contribution in [-0.4, -0.2) is 51.2 Å². The third-order valence-electron chi connectivity index (χ3n) is 10.6. The van der Waals surface area contributed by atoms with Gasteiger partial charge in [-0.1, -0.05) is 31.2 Å². The van der Waals surface area contributed by atoms with Crippen LogP contribution in [-0.2, 0) is 45.6 Å². The summed E-state index contributed by atoms with van der Waals surface area (Å²) < 4.78 is 106. The second-order valence-electron chi connectivity index (χ2n) is 13.5. The number of fused-ring (bicyclic) bond motifs is 2. The summed E-state index contributed by atoms with van der Waals surface area (Å²) in [6, 6.07) is 10.0. The largest absolute Gasteiger partial charge is 0.416 e. The van der Waals surface area contributed by atoms with Crippen molar-refractivity contribution in [2.45, 2.75) is 88.6 Å². The Morgan fingerprint density at radius 2 is 1.67 bits per heavy atom. The molecule has 1 saturated carbocycles. The average Bonchev–Trinajstić information content (AvgIpc) is 3.58. The summed E-state index contributed by atoms with van der Waals surface area (Å²) in [6.45, 7) is 3.62. The first-order valence-electron chi connectivity index (χ1n) is 15.8. The van der Waals surface area contributed by atoms with Gasteiger partial charge in [-0.2, -0.15) is 26.3 Å². The zero-order valence-corrected chi connectivity index (χ0v) is 26.8. The third kappa shape index (κ3) is 7.41. The maximum atomic E-state index is 13.8. The highest BCUT2D eigenvalue weighted by Gasteiger charge is 2.50. The summed E-state index contributed by atoms with van der Waals surface area (Å²) in [6.07, 6.45) is -3.42. The maximum absolute atomic E-state index is 13.8. The molecule has 2 fully saturated rings. The first-order chi connectivity index (χ1) is 21.4. The molecule has 13 heteroatoms.